The van der Waals surface area contributed by atoms with Crippen LogP contribution in [-0.4, -0.2) is 37.4 Å². The highest BCUT2D eigenvalue weighted by molar-refractivity contribution is 5.75. The van der Waals surface area contributed by atoms with E-state index < -0.39 is 11.4 Å². The van der Waals surface area contributed by atoms with Crippen molar-refractivity contribution >= 4 is 11.9 Å². The Morgan fingerprint density at radius 1 is 0.704 bits per heavy atom. The van der Waals surface area contributed by atoms with Gasteiger partial charge in [-0.2, -0.15) is 0 Å². The van der Waals surface area contributed by atoms with Gasteiger partial charge >= 0.3 is 11.9 Å². The maximum Gasteiger partial charge on any atom is 0.311 e. The third-order valence-electron chi connectivity index (χ3n) is 5.25. The van der Waals surface area contributed by atoms with Crippen molar-refractivity contribution in [3.8, 4) is 0 Å². The van der Waals surface area contributed by atoms with Crippen molar-refractivity contribution in [2.45, 2.75) is 98.3 Å². The van der Waals surface area contributed by atoms with E-state index >= 15 is 0 Å². The number of hydrogen-bond acceptors (Lipinski definition) is 4. The summed E-state index contributed by atoms with van der Waals surface area (Å²) < 4.78 is 10.5. The minimum Gasteiger partial charge on any atom is -0.481 e. The summed E-state index contributed by atoms with van der Waals surface area (Å²) in [5.41, 5.74) is -0.979. The lowest BCUT2D eigenvalue weighted by molar-refractivity contribution is -0.151. The summed E-state index contributed by atoms with van der Waals surface area (Å²) in [6, 6.07) is 0. The summed E-state index contributed by atoms with van der Waals surface area (Å²) in [5.74, 6) is -0.834. The molecule has 160 valence electrons. The molecule has 0 aliphatic carbocycles. The van der Waals surface area contributed by atoms with Crippen LogP contribution in [0.15, 0.2) is 0 Å². The first-order chi connectivity index (χ1) is 12.6. The first-order valence-corrected chi connectivity index (χ1v) is 10.5. The summed E-state index contributed by atoms with van der Waals surface area (Å²) in [4.78, 5) is 22.6. The van der Waals surface area contributed by atoms with Crippen LogP contribution in [-0.2, 0) is 19.1 Å². The zero-order valence-electron chi connectivity index (χ0n) is 18.3. The SMILES string of the molecule is COC(=O)C(C)(C)CCCCCCOCCCCCCCC(C)(C)C(=O)O. The molecule has 0 spiro atoms. The number of carboxylic acids is 1. The first-order valence-electron chi connectivity index (χ1n) is 10.5. The number of hydrogen-bond donors (Lipinski definition) is 1. The Kier molecular flexibility index (Phi) is 13.4. The molecule has 0 unspecified atom stereocenters. The van der Waals surface area contributed by atoms with Crippen molar-refractivity contribution in [2.24, 2.45) is 10.8 Å². The van der Waals surface area contributed by atoms with Crippen molar-refractivity contribution in [3.63, 3.8) is 0 Å². The van der Waals surface area contributed by atoms with Crippen LogP contribution < -0.4 is 0 Å². The van der Waals surface area contributed by atoms with Gasteiger partial charge in [-0.05, 0) is 53.4 Å². The fourth-order valence-electron chi connectivity index (χ4n) is 3.01. The number of unbranched alkanes of at least 4 members (excludes halogenated alkanes) is 7. The predicted molar refractivity (Wildman–Crippen MR) is 109 cm³/mol. The van der Waals surface area contributed by atoms with Crippen LogP contribution in [0.2, 0.25) is 0 Å². The number of methoxy groups -OCH3 is 1. The number of carbonyl (C=O) groups excluding carboxylic acids is 1. The van der Waals surface area contributed by atoms with Gasteiger partial charge in [0.25, 0.3) is 0 Å². The molecule has 0 amide bonds. The lowest BCUT2D eigenvalue weighted by Gasteiger charge is -2.20. The number of aliphatic carboxylic acids is 1. The number of carboxylic acid groups (broad SMARTS) is 1. The van der Waals surface area contributed by atoms with Gasteiger partial charge in [-0.25, -0.2) is 0 Å². The predicted octanol–water partition coefficient (Wildman–Crippen LogP) is 5.60. The second-order valence-electron chi connectivity index (χ2n) is 8.86. The van der Waals surface area contributed by atoms with Gasteiger partial charge in [0.15, 0.2) is 0 Å². The third-order valence-corrected chi connectivity index (χ3v) is 5.25. The second-order valence-corrected chi connectivity index (χ2v) is 8.86. The number of carbonyl (C=O) groups is 2. The minimum atomic E-state index is -0.705. The zero-order valence-corrected chi connectivity index (χ0v) is 18.3. The van der Waals surface area contributed by atoms with E-state index in [1.165, 1.54) is 7.11 Å². The average molecular weight is 387 g/mol. The minimum absolute atomic E-state index is 0.128. The molecule has 0 aliphatic rings. The number of rotatable bonds is 17. The molecule has 0 aromatic heterocycles. The van der Waals surface area contributed by atoms with E-state index in [4.69, 9.17) is 14.6 Å². The van der Waals surface area contributed by atoms with E-state index in [1.54, 1.807) is 13.8 Å². The van der Waals surface area contributed by atoms with Crippen molar-refractivity contribution in [3.05, 3.63) is 0 Å². The molecule has 1 N–H and O–H groups in total. The van der Waals surface area contributed by atoms with Crippen LogP contribution in [0, 0.1) is 10.8 Å². The average Bonchev–Trinajstić information content (AvgIpc) is 2.60. The van der Waals surface area contributed by atoms with E-state index in [0.29, 0.717) is 0 Å². The lowest BCUT2D eigenvalue weighted by atomic mass is 9.87. The first kappa shape index (κ1) is 25.9. The maximum absolute atomic E-state index is 11.6. The Balaban J connectivity index is 3.37. The van der Waals surface area contributed by atoms with Gasteiger partial charge in [-0.15, -0.1) is 0 Å². The van der Waals surface area contributed by atoms with E-state index in [1.807, 2.05) is 13.8 Å². The molecule has 0 heterocycles. The smallest absolute Gasteiger partial charge is 0.311 e. The Labute approximate surface area is 166 Å². The molecule has 0 atom stereocenters. The molecule has 27 heavy (non-hydrogen) atoms. The van der Waals surface area contributed by atoms with E-state index in [9.17, 15) is 9.59 Å². The molecule has 0 aromatic rings. The Morgan fingerprint density at radius 3 is 1.56 bits per heavy atom. The zero-order chi connectivity index (χ0) is 20.8. The standard InChI is InChI=1S/C22H42O5/c1-21(2,19(23)24)15-11-7-6-9-13-17-27-18-14-10-8-12-16-22(3,4)20(25)26-5/h6-18H2,1-5H3,(H,23,24). The van der Waals surface area contributed by atoms with E-state index in [-0.39, 0.29) is 11.4 Å². The summed E-state index contributed by atoms with van der Waals surface area (Å²) in [6.45, 7) is 9.10. The molecular weight excluding hydrogens is 344 g/mol. The molecule has 0 saturated carbocycles. The molecule has 5 nitrogen and oxygen atoms in total. The molecule has 0 aromatic carbocycles. The van der Waals surface area contributed by atoms with Gasteiger partial charge in [0.05, 0.1) is 17.9 Å². The quantitative estimate of drug-likeness (QED) is 0.260. The summed E-state index contributed by atoms with van der Waals surface area (Å²) >= 11 is 0. The lowest BCUT2D eigenvalue weighted by Crippen LogP contribution is -2.25. The molecule has 0 saturated heterocycles. The van der Waals surface area contributed by atoms with Crippen LogP contribution >= 0.6 is 0 Å². The van der Waals surface area contributed by atoms with Gasteiger partial charge in [0.2, 0.25) is 0 Å². The molecule has 0 aliphatic heterocycles. The maximum atomic E-state index is 11.6. The van der Waals surface area contributed by atoms with Gasteiger partial charge in [-0.1, -0.05) is 44.9 Å². The second kappa shape index (κ2) is 14.0. The van der Waals surface area contributed by atoms with Gasteiger partial charge in [0.1, 0.15) is 0 Å². The fourth-order valence-corrected chi connectivity index (χ4v) is 3.01. The highest BCUT2D eigenvalue weighted by atomic mass is 16.5. The third kappa shape index (κ3) is 12.8. The number of esters is 1. The van der Waals surface area contributed by atoms with Crippen LogP contribution in [0.5, 0.6) is 0 Å². The van der Waals surface area contributed by atoms with Crippen LogP contribution in [0.4, 0.5) is 0 Å². The molecule has 5 heteroatoms. The van der Waals surface area contributed by atoms with Crippen LogP contribution in [0.3, 0.4) is 0 Å². The van der Waals surface area contributed by atoms with E-state index in [0.717, 1.165) is 83.8 Å². The Morgan fingerprint density at radius 2 is 1.11 bits per heavy atom. The van der Waals surface area contributed by atoms with Crippen LogP contribution in [0.1, 0.15) is 98.3 Å². The van der Waals surface area contributed by atoms with E-state index in [2.05, 4.69) is 0 Å². The highest BCUT2D eigenvalue weighted by Gasteiger charge is 2.27. The Bertz CT molecular complexity index is 415. The summed E-state index contributed by atoms with van der Waals surface area (Å²) in [5, 5.41) is 9.07. The van der Waals surface area contributed by atoms with Gasteiger partial charge in [0, 0.05) is 13.2 Å². The summed E-state index contributed by atoms with van der Waals surface area (Å²) in [6.07, 6.45) is 11.4. The Hall–Kier alpha value is -1.10. The largest absolute Gasteiger partial charge is 0.481 e. The summed E-state index contributed by atoms with van der Waals surface area (Å²) in [7, 11) is 1.45. The molecule has 0 bridgehead atoms. The van der Waals surface area contributed by atoms with Crippen LogP contribution in [0.25, 0.3) is 0 Å². The van der Waals surface area contributed by atoms with Crippen molar-refractivity contribution in [1.29, 1.82) is 0 Å². The monoisotopic (exact) mass is 386 g/mol. The molecule has 0 rings (SSSR count). The van der Waals surface area contributed by atoms with Crippen molar-refractivity contribution in [1.82, 2.24) is 0 Å². The van der Waals surface area contributed by atoms with Crippen molar-refractivity contribution < 1.29 is 24.2 Å². The van der Waals surface area contributed by atoms with Gasteiger partial charge < -0.3 is 14.6 Å². The number of ether oxygens (including phenoxy) is 2. The normalized spacial score (nSPS) is 12.2. The van der Waals surface area contributed by atoms with Gasteiger partial charge in [-0.3, -0.25) is 9.59 Å². The highest BCUT2D eigenvalue weighted by Crippen LogP contribution is 2.25. The molecule has 0 fully saturated rings. The fraction of sp³-hybridized carbons (Fsp3) is 0.909. The molecular formula is C22H42O5. The topological polar surface area (TPSA) is 72.8 Å². The molecule has 0 radical (unpaired) electrons. The van der Waals surface area contributed by atoms with Crippen molar-refractivity contribution in [2.75, 3.05) is 20.3 Å².